The van der Waals surface area contributed by atoms with E-state index in [4.69, 9.17) is 4.74 Å². The molecular formula is C24H31IN2O3. The number of halogens is 1. The Morgan fingerprint density at radius 1 is 1.07 bits per heavy atom. The number of rotatable bonds is 11. The summed E-state index contributed by atoms with van der Waals surface area (Å²) in [6.07, 6.45) is 1.23. The number of nitrogens with one attached hydrogen (secondary N) is 1. The van der Waals surface area contributed by atoms with Crippen molar-refractivity contribution >= 4 is 34.4 Å². The Hall–Kier alpha value is -2.09. The van der Waals surface area contributed by atoms with Crippen molar-refractivity contribution in [3.63, 3.8) is 0 Å². The van der Waals surface area contributed by atoms with Crippen molar-refractivity contribution in [2.45, 2.75) is 39.7 Å². The van der Waals surface area contributed by atoms with Crippen LogP contribution in [0.15, 0.2) is 54.6 Å². The molecule has 0 aliphatic heterocycles. The highest BCUT2D eigenvalue weighted by Crippen LogP contribution is 2.15. The SMILES string of the molecule is CCC(C(=O)NCC(C)C)N(CCc1ccccc1)C(=O)COc1ccc(I)cc1. The van der Waals surface area contributed by atoms with Crippen molar-refractivity contribution in [3.8, 4) is 5.75 Å². The Bertz CT molecular complexity index is 794. The Labute approximate surface area is 193 Å². The van der Waals surface area contributed by atoms with Crippen LogP contribution in [0, 0.1) is 9.49 Å². The third-order valence-corrected chi connectivity index (χ3v) is 5.45. The number of hydrogen-bond acceptors (Lipinski definition) is 3. The molecule has 162 valence electrons. The standard InChI is InChI=1S/C24H31IN2O3/c1-4-22(24(29)26-16-18(2)3)27(15-14-19-8-6-5-7-9-19)23(28)17-30-21-12-10-20(25)11-13-21/h5-13,18,22H,4,14-17H2,1-3H3,(H,26,29). The molecule has 30 heavy (non-hydrogen) atoms. The topological polar surface area (TPSA) is 58.6 Å². The minimum atomic E-state index is -0.514. The lowest BCUT2D eigenvalue weighted by Gasteiger charge is -2.30. The van der Waals surface area contributed by atoms with Crippen molar-refractivity contribution < 1.29 is 14.3 Å². The van der Waals surface area contributed by atoms with E-state index in [1.54, 1.807) is 4.90 Å². The monoisotopic (exact) mass is 522 g/mol. The van der Waals surface area contributed by atoms with Crippen LogP contribution in [0.3, 0.4) is 0 Å². The fourth-order valence-electron chi connectivity index (χ4n) is 3.08. The van der Waals surface area contributed by atoms with Gasteiger partial charge in [0, 0.05) is 16.7 Å². The van der Waals surface area contributed by atoms with Crippen LogP contribution in [0.1, 0.15) is 32.8 Å². The second-order valence-electron chi connectivity index (χ2n) is 7.63. The summed E-state index contributed by atoms with van der Waals surface area (Å²) in [5, 5.41) is 2.97. The zero-order valence-corrected chi connectivity index (χ0v) is 20.1. The van der Waals surface area contributed by atoms with Gasteiger partial charge in [0.25, 0.3) is 5.91 Å². The van der Waals surface area contributed by atoms with Crippen molar-refractivity contribution in [2.24, 2.45) is 5.92 Å². The maximum atomic E-state index is 13.1. The number of carbonyl (C=O) groups is 2. The minimum Gasteiger partial charge on any atom is -0.484 e. The van der Waals surface area contributed by atoms with Crippen LogP contribution in [0.25, 0.3) is 0 Å². The number of carbonyl (C=O) groups excluding carboxylic acids is 2. The molecule has 6 heteroatoms. The van der Waals surface area contributed by atoms with Gasteiger partial charge >= 0.3 is 0 Å². The fourth-order valence-corrected chi connectivity index (χ4v) is 3.44. The van der Waals surface area contributed by atoms with Crippen LogP contribution in [0.2, 0.25) is 0 Å². The van der Waals surface area contributed by atoms with Gasteiger partial charge in [-0.1, -0.05) is 51.1 Å². The van der Waals surface area contributed by atoms with E-state index >= 15 is 0 Å². The summed E-state index contributed by atoms with van der Waals surface area (Å²) in [5.74, 6) is 0.700. The number of ether oxygens (including phenoxy) is 1. The van der Waals surface area contributed by atoms with E-state index < -0.39 is 6.04 Å². The molecule has 2 aromatic carbocycles. The van der Waals surface area contributed by atoms with Crippen molar-refractivity contribution in [3.05, 3.63) is 63.7 Å². The molecule has 0 saturated carbocycles. The third kappa shape index (κ3) is 7.97. The first-order valence-electron chi connectivity index (χ1n) is 10.4. The zero-order chi connectivity index (χ0) is 21.9. The second-order valence-corrected chi connectivity index (χ2v) is 8.87. The fraction of sp³-hybridized carbons (Fsp3) is 0.417. The van der Waals surface area contributed by atoms with Gasteiger partial charge in [0.1, 0.15) is 11.8 Å². The molecule has 2 amide bonds. The smallest absolute Gasteiger partial charge is 0.261 e. The van der Waals surface area contributed by atoms with Crippen LogP contribution >= 0.6 is 22.6 Å². The molecule has 5 nitrogen and oxygen atoms in total. The van der Waals surface area contributed by atoms with Crippen LogP contribution in [-0.4, -0.2) is 42.5 Å². The van der Waals surface area contributed by atoms with Gasteiger partial charge in [-0.05, 0) is 71.2 Å². The van der Waals surface area contributed by atoms with E-state index in [0.29, 0.717) is 37.6 Å². The van der Waals surface area contributed by atoms with Gasteiger partial charge in [0.2, 0.25) is 5.91 Å². The average Bonchev–Trinajstić information content (AvgIpc) is 2.75. The molecule has 0 saturated heterocycles. The first-order chi connectivity index (χ1) is 14.4. The van der Waals surface area contributed by atoms with Gasteiger partial charge in [-0.2, -0.15) is 0 Å². The number of benzene rings is 2. The molecule has 2 aromatic rings. The second kappa shape index (κ2) is 12.6. The van der Waals surface area contributed by atoms with Gasteiger partial charge in [-0.3, -0.25) is 9.59 Å². The molecule has 0 aliphatic rings. The van der Waals surface area contributed by atoms with Crippen molar-refractivity contribution in [2.75, 3.05) is 19.7 Å². The summed E-state index contributed by atoms with van der Waals surface area (Å²) < 4.78 is 6.80. The summed E-state index contributed by atoms with van der Waals surface area (Å²) in [5.41, 5.74) is 1.13. The average molecular weight is 522 g/mol. The van der Waals surface area contributed by atoms with Gasteiger partial charge in [0.05, 0.1) is 0 Å². The van der Waals surface area contributed by atoms with Gasteiger partial charge < -0.3 is 15.0 Å². The molecule has 0 bridgehead atoms. The van der Waals surface area contributed by atoms with E-state index in [2.05, 4.69) is 41.8 Å². The predicted molar refractivity (Wildman–Crippen MR) is 128 cm³/mol. The van der Waals surface area contributed by atoms with Crippen LogP contribution in [0.4, 0.5) is 0 Å². The molecule has 2 rings (SSSR count). The molecule has 0 aromatic heterocycles. The van der Waals surface area contributed by atoms with E-state index in [1.165, 1.54) is 0 Å². The number of amides is 2. The lowest BCUT2D eigenvalue weighted by atomic mass is 10.1. The molecule has 0 aliphatic carbocycles. The first kappa shape index (κ1) is 24.2. The van der Waals surface area contributed by atoms with Crippen molar-refractivity contribution in [1.82, 2.24) is 10.2 Å². The quantitative estimate of drug-likeness (QED) is 0.448. The maximum Gasteiger partial charge on any atom is 0.261 e. The van der Waals surface area contributed by atoms with E-state index in [-0.39, 0.29) is 18.4 Å². The molecule has 1 N–H and O–H groups in total. The summed E-state index contributed by atoms with van der Waals surface area (Å²) in [6.45, 7) is 7.00. The summed E-state index contributed by atoms with van der Waals surface area (Å²) in [7, 11) is 0. The summed E-state index contributed by atoms with van der Waals surface area (Å²) in [4.78, 5) is 27.5. The van der Waals surface area contributed by atoms with Crippen LogP contribution < -0.4 is 10.1 Å². The maximum absolute atomic E-state index is 13.1. The van der Waals surface area contributed by atoms with Gasteiger partial charge in [0.15, 0.2) is 6.61 Å². The molecular weight excluding hydrogens is 491 g/mol. The minimum absolute atomic E-state index is 0.0939. The molecule has 0 radical (unpaired) electrons. The van der Waals surface area contributed by atoms with Crippen LogP contribution in [-0.2, 0) is 16.0 Å². The van der Waals surface area contributed by atoms with E-state index in [1.807, 2.05) is 61.5 Å². The zero-order valence-electron chi connectivity index (χ0n) is 17.9. The summed E-state index contributed by atoms with van der Waals surface area (Å²) in [6, 6.07) is 17.0. The lowest BCUT2D eigenvalue weighted by molar-refractivity contribution is -0.142. The molecule has 0 spiro atoms. The van der Waals surface area contributed by atoms with E-state index in [9.17, 15) is 9.59 Å². The Morgan fingerprint density at radius 3 is 2.33 bits per heavy atom. The van der Waals surface area contributed by atoms with Crippen LogP contribution in [0.5, 0.6) is 5.75 Å². The molecule has 1 unspecified atom stereocenters. The first-order valence-corrected chi connectivity index (χ1v) is 11.5. The molecule has 1 atom stereocenters. The Balaban J connectivity index is 2.09. The molecule has 0 fully saturated rings. The van der Waals surface area contributed by atoms with E-state index in [0.717, 1.165) is 9.13 Å². The highest BCUT2D eigenvalue weighted by molar-refractivity contribution is 14.1. The lowest BCUT2D eigenvalue weighted by Crippen LogP contribution is -2.51. The van der Waals surface area contributed by atoms with Gasteiger partial charge in [-0.15, -0.1) is 0 Å². The Morgan fingerprint density at radius 2 is 1.73 bits per heavy atom. The normalized spacial score (nSPS) is 11.8. The highest BCUT2D eigenvalue weighted by atomic mass is 127. The number of nitrogens with zero attached hydrogens (tertiary/aromatic N) is 1. The van der Waals surface area contributed by atoms with Gasteiger partial charge in [-0.25, -0.2) is 0 Å². The highest BCUT2D eigenvalue weighted by Gasteiger charge is 2.28. The molecule has 0 heterocycles. The third-order valence-electron chi connectivity index (χ3n) is 4.73. The number of hydrogen-bond donors (Lipinski definition) is 1. The van der Waals surface area contributed by atoms with Crippen molar-refractivity contribution in [1.29, 1.82) is 0 Å². The Kier molecular flexibility index (Phi) is 10.1. The predicted octanol–water partition coefficient (Wildman–Crippen LogP) is 4.29. The largest absolute Gasteiger partial charge is 0.484 e. The summed E-state index contributed by atoms with van der Waals surface area (Å²) >= 11 is 2.22.